The highest BCUT2D eigenvalue weighted by molar-refractivity contribution is 5.83. The standard InChI is InChI=1S/C19H20N2/c1-3-20-19(18-9-6-12-21-14(18)2)17-11-10-15-7-4-5-8-16(15)13-17/h4-13,19-20H,3H2,1-2H3. The molecule has 0 aliphatic heterocycles. The van der Waals surface area contributed by atoms with E-state index in [0.717, 1.165) is 12.2 Å². The van der Waals surface area contributed by atoms with E-state index < -0.39 is 0 Å². The number of nitrogens with one attached hydrogen (secondary N) is 1. The molecule has 2 nitrogen and oxygen atoms in total. The molecule has 0 bridgehead atoms. The Morgan fingerprint density at radius 2 is 1.81 bits per heavy atom. The Kier molecular flexibility index (Phi) is 3.98. The smallest absolute Gasteiger partial charge is 0.0594 e. The maximum atomic E-state index is 4.43. The van der Waals surface area contributed by atoms with Crippen molar-refractivity contribution in [3.8, 4) is 0 Å². The molecule has 1 aromatic heterocycles. The van der Waals surface area contributed by atoms with E-state index in [2.05, 4.69) is 72.7 Å². The summed E-state index contributed by atoms with van der Waals surface area (Å²) in [5, 5.41) is 6.14. The van der Waals surface area contributed by atoms with Crippen molar-refractivity contribution < 1.29 is 0 Å². The largest absolute Gasteiger partial charge is 0.306 e. The van der Waals surface area contributed by atoms with E-state index in [0.29, 0.717) is 0 Å². The fourth-order valence-corrected chi connectivity index (χ4v) is 2.80. The number of nitrogens with zero attached hydrogens (tertiary/aromatic N) is 1. The fourth-order valence-electron chi connectivity index (χ4n) is 2.80. The Morgan fingerprint density at radius 1 is 1.00 bits per heavy atom. The molecule has 1 N–H and O–H groups in total. The number of rotatable bonds is 4. The maximum absolute atomic E-state index is 4.43. The van der Waals surface area contributed by atoms with E-state index in [-0.39, 0.29) is 6.04 Å². The van der Waals surface area contributed by atoms with Gasteiger partial charge in [-0.25, -0.2) is 0 Å². The van der Waals surface area contributed by atoms with E-state index in [1.54, 1.807) is 0 Å². The van der Waals surface area contributed by atoms with Gasteiger partial charge in [0.1, 0.15) is 0 Å². The average molecular weight is 276 g/mol. The lowest BCUT2D eigenvalue weighted by Gasteiger charge is -2.20. The quantitative estimate of drug-likeness (QED) is 0.771. The Labute approximate surface area is 125 Å². The van der Waals surface area contributed by atoms with Gasteiger partial charge in [0, 0.05) is 11.9 Å². The number of fused-ring (bicyclic) bond motifs is 1. The lowest BCUT2D eigenvalue weighted by molar-refractivity contribution is 0.625. The summed E-state index contributed by atoms with van der Waals surface area (Å²) in [4.78, 5) is 4.43. The number of pyridine rings is 1. The monoisotopic (exact) mass is 276 g/mol. The first-order valence-corrected chi connectivity index (χ1v) is 7.43. The Hall–Kier alpha value is -2.19. The molecule has 0 spiro atoms. The van der Waals surface area contributed by atoms with Crippen LogP contribution in [-0.4, -0.2) is 11.5 Å². The molecule has 0 radical (unpaired) electrons. The molecule has 2 aromatic carbocycles. The molecule has 0 amide bonds. The summed E-state index contributed by atoms with van der Waals surface area (Å²) in [6, 6.07) is 19.5. The van der Waals surface area contributed by atoms with Gasteiger partial charge >= 0.3 is 0 Å². The zero-order chi connectivity index (χ0) is 14.7. The Balaban J connectivity index is 2.09. The van der Waals surface area contributed by atoms with Crippen LogP contribution in [0, 0.1) is 6.92 Å². The van der Waals surface area contributed by atoms with Gasteiger partial charge < -0.3 is 5.32 Å². The maximum Gasteiger partial charge on any atom is 0.0594 e. The van der Waals surface area contributed by atoms with Gasteiger partial charge in [0.25, 0.3) is 0 Å². The van der Waals surface area contributed by atoms with Crippen LogP contribution in [0.15, 0.2) is 60.8 Å². The van der Waals surface area contributed by atoms with Crippen LogP contribution in [0.4, 0.5) is 0 Å². The van der Waals surface area contributed by atoms with E-state index in [1.165, 1.54) is 21.9 Å². The molecule has 1 heterocycles. The molecule has 0 saturated carbocycles. The highest BCUT2D eigenvalue weighted by atomic mass is 14.9. The lowest BCUT2D eigenvalue weighted by Crippen LogP contribution is -2.23. The van der Waals surface area contributed by atoms with Crippen LogP contribution in [0.2, 0.25) is 0 Å². The SMILES string of the molecule is CCNC(c1ccc2ccccc2c1)c1cccnc1C. The van der Waals surface area contributed by atoms with Gasteiger partial charge in [-0.05, 0) is 47.5 Å². The molecule has 0 aliphatic carbocycles. The third-order valence-corrected chi connectivity index (χ3v) is 3.87. The molecule has 0 saturated heterocycles. The number of hydrogen-bond acceptors (Lipinski definition) is 2. The van der Waals surface area contributed by atoms with Crippen LogP contribution in [0.5, 0.6) is 0 Å². The second-order valence-electron chi connectivity index (χ2n) is 5.28. The van der Waals surface area contributed by atoms with E-state index in [4.69, 9.17) is 0 Å². The van der Waals surface area contributed by atoms with Crippen molar-refractivity contribution in [3.63, 3.8) is 0 Å². The van der Waals surface area contributed by atoms with Crippen molar-refractivity contribution in [3.05, 3.63) is 77.6 Å². The number of benzene rings is 2. The van der Waals surface area contributed by atoms with Gasteiger partial charge in [0.15, 0.2) is 0 Å². The molecule has 1 unspecified atom stereocenters. The van der Waals surface area contributed by atoms with Crippen molar-refractivity contribution in [2.45, 2.75) is 19.9 Å². The van der Waals surface area contributed by atoms with Gasteiger partial charge in [0.05, 0.1) is 6.04 Å². The minimum Gasteiger partial charge on any atom is -0.306 e. The minimum atomic E-state index is 0.188. The van der Waals surface area contributed by atoms with Crippen molar-refractivity contribution in [2.75, 3.05) is 6.54 Å². The van der Waals surface area contributed by atoms with Gasteiger partial charge in [-0.2, -0.15) is 0 Å². The van der Waals surface area contributed by atoms with E-state index >= 15 is 0 Å². The van der Waals surface area contributed by atoms with Crippen LogP contribution in [0.3, 0.4) is 0 Å². The predicted octanol–water partition coefficient (Wildman–Crippen LogP) is 4.24. The minimum absolute atomic E-state index is 0.188. The zero-order valence-electron chi connectivity index (χ0n) is 12.5. The van der Waals surface area contributed by atoms with Crippen LogP contribution in [-0.2, 0) is 0 Å². The molecule has 3 aromatic rings. The lowest BCUT2D eigenvalue weighted by atomic mass is 9.95. The van der Waals surface area contributed by atoms with Gasteiger partial charge in [-0.15, -0.1) is 0 Å². The summed E-state index contributed by atoms with van der Waals surface area (Å²) in [6.45, 7) is 5.13. The number of hydrogen-bond donors (Lipinski definition) is 1. The summed E-state index contributed by atoms with van der Waals surface area (Å²) >= 11 is 0. The van der Waals surface area contributed by atoms with Gasteiger partial charge in [0.2, 0.25) is 0 Å². The zero-order valence-corrected chi connectivity index (χ0v) is 12.5. The van der Waals surface area contributed by atoms with E-state index in [9.17, 15) is 0 Å². The molecule has 3 rings (SSSR count). The second kappa shape index (κ2) is 6.06. The topological polar surface area (TPSA) is 24.9 Å². The van der Waals surface area contributed by atoms with Crippen LogP contribution in [0.1, 0.15) is 29.8 Å². The Bertz CT molecular complexity index is 749. The molecule has 0 aliphatic rings. The first kappa shape index (κ1) is 13.8. The number of aromatic nitrogens is 1. The first-order chi connectivity index (χ1) is 10.3. The van der Waals surface area contributed by atoms with Crippen molar-refractivity contribution >= 4 is 10.8 Å². The fraction of sp³-hybridized carbons (Fsp3) is 0.211. The van der Waals surface area contributed by atoms with Crippen LogP contribution < -0.4 is 5.32 Å². The first-order valence-electron chi connectivity index (χ1n) is 7.43. The predicted molar refractivity (Wildman–Crippen MR) is 88.4 cm³/mol. The average Bonchev–Trinajstić information content (AvgIpc) is 2.53. The summed E-state index contributed by atoms with van der Waals surface area (Å²) < 4.78 is 0. The molecule has 0 fully saturated rings. The summed E-state index contributed by atoms with van der Waals surface area (Å²) in [5.74, 6) is 0. The highest BCUT2D eigenvalue weighted by Crippen LogP contribution is 2.26. The molecule has 106 valence electrons. The molecule has 2 heteroatoms. The normalized spacial score (nSPS) is 12.5. The highest BCUT2D eigenvalue weighted by Gasteiger charge is 2.15. The molecular weight excluding hydrogens is 256 g/mol. The second-order valence-corrected chi connectivity index (χ2v) is 5.28. The van der Waals surface area contributed by atoms with Crippen LogP contribution >= 0.6 is 0 Å². The van der Waals surface area contributed by atoms with Gasteiger partial charge in [-0.3, -0.25) is 4.98 Å². The third-order valence-electron chi connectivity index (χ3n) is 3.87. The molecular formula is C19H20N2. The third kappa shape index (κ3) is 2.81. The van der Waals surface area contributed by atoms with Crippen molar-refractivity contribution in [1.82, 2.24) is 10.3 Å². The number of aryl methyl sites for hydroxylation is 1. The van der Waals surface area contributed by atoms with Crippen molar-refractivity contribution in [2.24, 2.45) is 0 Å². The summed E-state index contributed by atoms with van der Waals surface area (Å²) in [7, 11) is 0. The van der Waals surface area contributed by atoms with E-state index in [1.807, 2.05) is 12.3 Å². The Morgan fingerprint density at radius 3 is 2.57 bits per heavy atom. The van der Waals surface area contributed by atoms with Crippen LogP contribution in [0.25, 0.3) is 10.8 Å². The van der Waals surface area contributed by atoms with Crippen molar-refractivity contribution in [1.29, 1.82) is 0 Å². The molecule has 1 atom stereocenters. The summed E-state index contributed by atoms with van der Waals surface area (Å²) in [5.41, 5.74) is 3.61. The summed E-state index contributed by atoms with van der Waals surface area (Å²) in [6.07, 6.45) is 1.85. The van der Waals surface area contributed by atoms with Gasteiger partial charge in [-0.1, -0.05) is 49.4 Å². The molecule has 21 heavy (non-hydrogen) atoms.